The van der Waals surface area contributed by atoms with Gasteiger partial charge in [0.1, 0.15) is 0 Å². The zero-order chi connectivity index (χ0) is 19.4. The monoisotopic (exact) mass is 375 g/mol. The van der Waals surface area contributed by atoms with Crippen LogP contribution in [0.4, 0.5) is 18.9 Å². The number of hydrogen-bond donors (Lipinski definition) is 2. The Hall–Kier alpha value is -3.06. The molecule has 0 radical (unpaired) electrons. The first kappa shape index (κ1) is 18.7. The Balaban J connectivity index is 1.77. The van der Waals surface area contributed by atoms with Crippen LogP contribution in [-0.2, 0) is 4.79 Å². The molecule has 0 aliphatic heterocycles. The smallest absolute Gasteiger partial charge is 0.282 e. The quantitative estimate of drug-likeness (QED) is 0.649. The van der Waals surface area contributed by atoms with Gasteiger partial charge in [-0.05, 0) is 31.2 Å². The van der Waals surface area contributed by atoms with Gasteiger partial charge in [0, 0.05) is 5.56 Å². The summed E-state index contributed by atoms with van der Waals surface area (Å²) in [5.74, 6) is -4.26. The van der Waals surface area contributed by atoms with Crippen LogP contribution < -0.4 is 10.6 Å². The first-order valence-electron chi connectivity index (χ1n) is 8.35. The van der Waals surface area contributed by atoms with Gasteiger partial charge in [-0.3, -0.25) is 4.79 Å². The van der Waals surface area contributed by atoms with Gasteiger partial charge in [0.15, 0.2) is 35.3 Å². The van der Waals surface area contributed by atoms with Crippen molar-refractivity contribution in [1.29, 1.82) is 0 Å². The number of quaternary nitrogens is 1. The second kappa shape index (κ2) is 8.09. The number of hydrogen-bond acceptors (Lipinski definition) is 2. The van der Waals surface area contributed by atoms with Crippen LogP contribution >= 0.6 is 0 Å². The molecule has 140 valence electrons. The Morgan fingerprint density at radius 3 is 2.41 bits per heavy atom. The van der Waals surface area contributed by atoms with Gasteiger partial charge >= 0.3 is 0 Å². The molecular weight excluding hydrogens is 357 g/mol. The van der Waals surface area contributed by atoms with E-state index in [9.17, 15) is 18.0 Å². The summed E-state index contributed by atoms with van der Waals surface area (Å²) >= 11 is 0. The summed E-state index contributed by atoms with van der Waals surface area (Å²) in [6.45, 7) is 1.63. The second-order valence-corrected chi connectivity index (χ2v) is 6.10. The molecule has 3 aromatic rings. The van der Waals surface area contributed by atoms with E-state index in [1.54, 1.807) is 30.6 Å². The number of carbonyl (C=O) groups excluding carboxylic acids is 1. The molecule has 0 unspecified atom stereocenters. The normalized spacial score (nSPS) is 13.2. The fraction of sp³-hybridized carbons (Fsp3) is 0.150. The van der Waals surface area contributed by atoms with E-state index in [2.05, 4.69) is 5.32 Å². The summed E-state index contributed by atoms with van der Waals surface area (Å²) in [5, 5.41) is 4.05. The lowest BCUT2D eigenvalue weighted by Crippen LogP contribution is -2.92. The molecule has 0 spiro atoms. The molecule has 3 rings (SSSR count). The highest BCUT2D eigenvalue weighted by atomic mass is 19.2. The van der Waals surface area contributed by atoms with Crippen molar-refractivity contribution in [3.05, 3.63) is 89.6 Å². The van der Waals surface area contributed by atoms with Crippen molar-refractivity contribution < 1.29 is 27.7 Å². The lowest BCUT2D eigenvalue weighted by atomic mass is 10.0. The van der Waals surface area contributed by atoms with Crippen molar-refractivity contribution in [1.82, 2.24) is 0 Å². The maximum atomic E-state index is 13.8. The third kappa shape index (κ3) is 4.20. The minimum atomic E-state index is -1.62. The first-order chi connectivity index (χ1) is 13.0. The lowest BCUT2D eigenvalue weighted by Gasteiger charge is -2.19. The number of halogens is 3. The van der Waals surface area contributed by atoms with Crippen LogP contribution in [0.3, 0.4) is 0 Å². The van der Waals surface area contributed by atoms with Gasteiger partial charge in [-0.2, -0.15) is 0 Å². The van der Waals surface area contributed by atoms with Crippen molar-refractivity contribution in [2.24, 2.45) is 0 Å². The molecule has 0 aliphatic carbocycles. The van der Waals surface area contributed by atoms with Crippen LogP contribution in [0.5, 0.6) is 0 Å². The summed E-state index contributed by atoms with van der Waals surface area (Å²) in [5.41, 5.74) is 0.513. The van der Waals surface area contributed by atoms with Crippen molar-refractivity contribution in [3.63, 3.8) is 0 Å². The van der Waals surface area contributed by atoms with Crippen LogP contribution in [0.15, 0.2) is 65.3 Å². The maximum Gasteiger partial charge on any atom is 0.282 e. The molecule has 0 fully saturated rings. The molecule has 2 atom stereocenters. The molecule has 1 aromatic heterocycles. The van der Waals surface area contributed by atoms with Crippen LogP contribution in [0.2, 0.25) is 0 Å². The van der Waals surface area contributed by atoms with E-state index < -0.39 is 35.1 Å². The number of amides is 1. The van der Waals surface area contributed by atoms with E-state index in [0.717, 1.165) is 17.7 Å². The van der Waals surface area contributed by atoms with Gasteiger partial charge in [-0.1, -0.05) is 30.3 Å². The van der Waals surface area contributed by atoms with Gasteiger partial charge in [0.05, 0.1) is 12.0 Å². The summed E-state index contributed by atoms with van der Waals surface area (Å²) in [7, 11) is 0. The Bertz CT molecular complexity index is 914. The minimum Gasteiger partial charge on any atom is -0.463 e. The molecule has 0 saturated carbocycles. The van der Waals surface area contributed by atoms with E-state index in [0.29, 0.717) is 5.76 Å². The number of furan rings is 1. The molecule has 2 aromatic carbocycles. The predicted octanol–water partition coefficient (Wildman–Crippen LogP) is 3.38. The van der Waals surface area contributed by atoms with Gasteiger partial charge in [-0.15, -0.1) is 0 Å². The number of nitrogens with one attached hydrogen (secondary N) is 1. The molecule has 27 heavy (non-hydrogen) atoms. The Morgan fingerprint density at radius 2 is 1.74 bits per heavy atom. The van der Waals surface area contributed by atoms with Crippen molar-refractivity contribution in [3.8, 4) is 0 Å². The number of carbonyl (C=O) groups is 1. The first-order valence-corrected chi connectivity index (χ1v) is 8.35. The molecule has 0 saturated heterocycles. The van der Waals surface area contributed by atoms with E-state index in [-0.39, 0.29) is 6.04 Å². The summed E-state index contributed by atoms with van der Waals surface area (Å²) in [4.78, 5) is 12.4. The summed E-state index contributed by atoms with van der Waals surface area (Å²) in [6.07, 6.45) is 1.54. The van der Waals surface area contributed by atoms with Crippen LogP contribution in [-0.4, -0.2) is 11.9 Å². The van der Waals surface area contributed by atoms with E-state index in [4.69, 9.17) is 4.42 Å². The highest BCUT2D eigenvalue weighted by Crippen LogP contribution is 2.21. The van der Waals surface area contributed by atoms with Crippen molar-refractivity contribution in [2.45, 2.75) is 19.0 Å². The fourth-order valence-corrected chi connectivity index (χ4v) is 2.74. The van der Waals surface area contributed by atoms with Gasteiger partial charge in [0.2, 0.25) is 0 Å². The largest absolute Gasteiger partial charge is 0.463 e. The number of rotatable bonds is 6. The minimum absolute atomic E-state index is 0.295. The van der Waals surface area contributed by atoms with Gasteiger partial charge in [-0.25, -0.2) is 13.2 Å². The number of benzene rings is 2. The van der Waals surface area contributed by atoms with Gasteiger partial charge in [0.25, 0.3) is 5.91 Å². The van der Waals surface area contributed by atoms with E-state index >= 15 is 0 Å². The third-order valence-electron chi connectivity index (χ3n) is 4.20. The van der Waals surface area contributed by atoms with Crippen LogP contribution in [0.25, 0.3) is 0 Å². The average molecular weight is 375 g/mol. The molecule has 4 nitrogen and oxygen atoms in total. The molecular formula is C20H18F3N2O2+. The van der Waals surface area contributed by atoms with Crippen molar-refractivity contribution >= 4 is 11.6 Å². The molecule has 0 bridgehead atoms. The zero-order valence-electron chi connectivity index (χ0n) is 14.5. The topological polar surface area (TPSA) is 58.9 Å². The Labute approximate surface area is 154 Å². The molecule has 0 aliphatic rings. The molecule has 1 heterocycles. The van der Waals surface area contributed by atoms with Crippen LogP contribution in [0, 0.1) is 17.5 Å². The van der Waals surface area contributed by atoms with E-state index in [1.165, 1.54) is 0 Å². The second-order valence-electron chi connectivity index (χ2n) is 6.10. The van der Waals surface area contributed by atoms with E-state index in [1.807, 2.05) is 30.3 Å². The molecule has 3 N–H and O–H groups in total. The fourth-order valence-electron chi connectivity index (χ4n) is 2.74. The number of nitrogens with two attached hydrogens (primary N) is 1. The average Bonchev–Trinajstić information content (AvgIpc) is 3.21. The SMILES string of the molecule is C[C@H]([NH2+][C@H](c1ccccc1)c1ccco1)C(=O)Nc1ccc(F)c(F)c1F. The van der Waals surface area contributed by atoms with Gasteiger partial charge < -0.3 is 15.1 Å². The highest BCUT2D eigenvalue weighted by Gasteiger charge is 2.27. The maximum absolute atomic E-state index is 13.8. The van der Waals surface area contributed by atoms with Crippen molar-refractivity contribution in [2.75, 3.05) is 5.32 Å². The summed E-state index contributed by atoms with van der Waals surface area (Å²) in [6, 6.07) is 13.8. The highest BCUT2D eigenvalue weighted by molar-refractivity contribution is 5.93. The predicted molar refractivity (Wildman–Crippen MR) is 93.3 cm³/mol. The zero-order valence-corrected chi connectivity index (χ0v) is 14.5. The standard InChI is InChI=1S/C20H17F3N2O2/c1-12(20(26)25-15-10-9-14(21)17(22)18(15)23)24-19(16-8-5-11-27-16)13-6-3-2-4-7-13/h2-12,19,24H,1H3,(H,25,26)/p+1/t12-,19+/m0/s1. The Kier molecular flexibility index (Phi) is 5.61. The molecule has 7 heteroatoms. The third-order valence-corrected chi connectivity index (χ3v) is 4.20. The lowest BCUT2D eigenvalue weighted by molar-refractivity contribution is -0.706. The number of anilines is 1. The molecule has 1 amide bonds. The summed E-state index contributed by atoms with van der Waals surface area (Å²) < 4.78 is 45.6. The van der Waals surface area contributed by atoms with Crippen LogP contribution in [0.1, 0.15) is 24.3 Å². The Morgan fingerprint density at radius 1 is 1.00 bits per heavy atom.